The standard InChI is InChI=1S/C14H18O2S/c15-12-10-13(14(12)6-1-2-7-14)16-8-5-11-4-3-9-17-11/h3-4,9,13H,1-2,5-8,10H2. The van der Waals surface area contributed by atoms with Crippen molar-refractivity contribution in [2.24, 2.45) is 5.41 Å². The highest BCUT2D eigenvalue weighted by Gasteiger charge is 2.56. The lowest BCUT2D eigenvalue weighted by molar-refractivity contribution is -0.162. The molecule has 0 N–H and O–H groups in total. The van der Waals surface area contributed by atoms with Gasteiger partial charge in [0.25, 0.3) is 0 Å². The van der Waals surface area contributed by atoms with E-state index in [0.29, 0.717) is 12.2 Å². The second-order valence-electron chi connectivity index (χ2n) is 5.18. The molecule has 92 valence electrons. The van der Waals surface area contributed by atoms with Crippen molar-refractivity contribution in [3.63, 3.8) is 0 Å². The Morgan fingerprint density at radius 1 is 1.41 bits per heavy atom. The van der Waals surface area contributed by atoms with Crippen LogP contribution in [-0.2, 0) is 16.0 Å². The average molecular weight is 250 g/mol. The molecule has 1 aromatic rings. The Morgan fingerprint density at radius 3 is 2.88 bits per heavy atom. The Hall–Kier alpha value is -0.670. The molecule has 0 bridgehead atoms. The van der Waals surface area contributed by atoms with Gasteiger partial charge >= 0.3 is 0 Å². The number of ether oxygens (including phenoxy) is 1. The second kappa shape index (κ2) is 4.54. The van der Waals surface area contributed by atoms with E-state index in [9.17, 15) is 4.79 Å². The van der Waals surface area contributed by atoms with Gasteiger partial charge in [-0.05, 0) is 24.3 Å². The third-order valence-corrected chi connectivity index (χ3v) is 5.22. The summed E-state index contributed by atoms with van der Waals surface area (Å²) in [5, 5.41) is 2.10. The number of thiophene rings is 1. The fraction of sp³-hybridized carbons (Fsp3) is 0.643. The quantitative estimate of drug-likeness (QED) is 0.820. The molecule has 2 fully saturated rings. The van der Waals surface area contributed by atoms with E-state index in [2.05, 4.69) is 17.5 Å². The van der Waals surface area contributed by atoms with E-state index in [1.54, 1.807) is 11.3 Å². The minimum absolute atomic E-state index is 0.0601. The second-order valence-corrected chi connectivity index (χ2v) is 6.21. The van der Waals surface area contributed by atoms with Crippen molar-refractivity contribution in [3.8, 4) is 0 Å². The van der Waals surface area contributed by atoms with E-state index >= 15 is 0 Å². The van der Waals surface area contributed by atoms with Gasteiger partial charge in [-0.3, -0.25) is 4.79 Å². The molecule has 3 rings (SSSR count). The molecular weight excluding hydrogens is 232 g/mol. The van der Waals surface area contributed by atoms with Crippen molar-refractivity contribution in [1.82, 2.24) is 0 Å². The van der Waals surface area contributed by atoms with Gasteiger partial charge in [0.05, 0.1) is 18.1 Å². The van der Waals surface area contributed by atoms with Crippen LogP contribution in [0.15, 0.2) is 17.5 Å². The first kappa shape index (κ1) is 11.4. The van der Waals surface area contributed by atoms with Gasteiger partial charge in [-0.15, -0.1) is 11.3 Å². The van der Waals surface area contributed by atoms with Crippen molar-refractivity contribution in [1.29, 1.82) is 0 Å². The molecule has 1 spiro atoms. The highest BCUT2D eigenvalue weighted by atomic mass is 32.1. The van der Waals surface area contributed by atoms with Gasteiger partial charge in [0, 0.05) is 17.7 Å². The van der Waals surface area contributed by atoms with Gasteiger partial charge in [0.2, 0.25) is 0 Å². The van der Waals surface area contributed by atoms with Crippen LogP contribution in [-0.4, -0.2) is 18.5 Å². The number of Topliss-reactive ketones (excluding diaryl/α,β-unsaturated/α-hetero) is 1. The summed E-state index contributed by atoms with van der Waals surface area (Å²) in [5.41, 5.74) is -0.0601. The number of carbonyl (C=O) groups is 1. The zero-order valence-electron chi connectivity index (χ0n) is 9.98. The molecule has 17 heavy (non-hydrogen) atoms. The maximum absolute atomic E-state index is 11.8. The predicted octanol–water partition coefficient (Wildman–Crippen LogP) is 3.21. The van der Waals surface area contributed by atoms with Crippen LogP contribution in [0, 0.1) is 5.41 Å². The van der Waals surface area contributed by atoms with Crippen LogP contribution >= 0.6 is 11.3 Å². The third kappa shape index (κ3) is 1.95. The van der Waals surface area contributed by atoms with Crippen LogP contribution in [0.25, 0.3) is 0 Å². The van der Waals surface area contributed by atoms with Gasteiger partial charge in [0.15, 0.2) is 0 Å². The van der Waals surface area contributed by atoms with E-state index in [-0.39, 0.29) is 11.5 Å². The van der Waals surface area contributed by atoms with Crippen molar-refractivity contribution >= 4 is 17.1 Å². The zero-order valence-corrected chi connectivity index (χ0v) is 10.8. The van der Waals surface area contributed by atoms with Crippen molar-refractivity contribution in [2.75, 3.05) is 6.61 Å². The van der Waals surface area contributed by atoms with Crippen LogP contribution in [0.4, 0.5) is 0 Å². The molecule has 2 nitrogen and oxygen atoms in total. The summed E-state index contributed by atoms with van der Waals surface area (Å²) < 4.78 is 5.95. The van der Waals surface area contributed by atoms with Gasteiger partial charge in [-0.1, -0.05) is 18.9 Å². The molecule has 2 saturated carbocycles. The van der Waals surface area contributed by atoms with Gasteiger partial charge < -0.3 is 4.74 Å². The zero-order chi connectivity index (χ0) is 11.7. The van der Waals surface area contributed by atoms with E-state index in [4.69, 9.17) is 4.74 Å². The fourth-order valence-electron chi connectivity index (χ4n) is 3.20. The number of rotatable bonds is 4. The molecule has 2 aliphatic rings. The summed E-state index contributed by atoms with van der Waals surface area (Å²) in [6, 6.07) is 4.22. The normalized spacial score (nSPS) is 26.4. The Kier molecular flexibility index (Phi) is 3.05. The molecule has 0 aliphatic heterocycles. The number of hydrogen-bond donors (Lipinski definition) is 0. The fourth-order valence-corrected chi connectivity index (χ4v) is 3.89. The summed E-state index contributed by atoms with van der Waals surface area (Å²) in [5.74, 6) is 0.455. The van der Waals surface area contributed by atoms with Crippen molar-refractivity contribution in [3.05, 3.63) is 22.4 Å². The predicted molar refractivity (Wildman–Crippen MR) is 68.3 cm³/mol. The first-order valence-electron chi connectivity index (χ1n) is 6.48. The topological polar surface area (TPSA) is 26.3 Å². The molecule has 2 aliphatic carbocycles. The van der Waals surface area contributed by atoms with E-state index < -0.39 is 0 Å². The smallest absolute Gasteiger partial charge is 0.144 e. The summed E-state index contributed by atoms with van der Waals surface area (Å²) >= 11 is 1.78. The van der Waals surface area contributed by atoms with Crippen molar-refractivity contribution in [2.45, 2.75) is 44.6 Å². The van der Waals surface area contributed by atoms with Crippen LogP contribution in [0.5, 0.6) is 0 Å². The Bertz CT molecular complexity index is 390. The molecule has 0 saturated heterocycles. The van der Waals surface area contributed by atoms with E-state index in [1.807, 2.05) is 0 Å². The van der Waals surface area contributed by atoms with Gasteiger partial charge in [-0.25, -0.2) is 0 Å². The number of ketones is 1. The maximum atomic E-state index is 11.8. The molecule has 1 heterocycles. The molecule has 1 aromatic heterocycles. The molecule has 1 unspecified atom stereocenters. The molecule has 0 amide bonds. The SMILES string of the molecule is O=C1CC(OCCc2cccs2)C12CCCC2. The van der Waals surface area contributed by atoms with E-state index in [0.717, 1.165) is 25.9 Å². The first-order valence-corrected chi connectivity index (χ1v) is 7.36. The van der Waals surface area contributed by atoms with Crippen LogP contribution < -0.4 is 0 Å². The molecule has 0 radical (unpaired) electrons. The number of carbonyl (C=O) groups excluding carboxylic acids is 1. The lowest BCUT2D eigenvalue weighted by Crippen LogP contribution is -2.53. The number of hydrogen-bond acceptors (Lipinski definition) is 3. The first-order chi connectivity index (χ1) is 8.31. The minimum Gasteiger partial charge on any atom is -0.376 e. The lowest BCUT2D eigenvalue weighted by Gasteiger charge is -2.44. The molecule has 3 heteroatoms. The third-order valence-electron chi connectivity index (χ3n) is 4.29. The molecule has 0 aromatic carbocycles. The van der Waals surface area contributed by atoms with Crippen LogP contribution in [0.1, 0.15) is 37.0 Å². The van der Waals surface area contributed by atoms with Crippen LogP contribution in [0.2, 0.25) is 0 Å². The summed E-state index contributed by atoms with van der Waals surface area (Å²) in [6.07, 6.45) is 6.40. The minimum atomic E-state index is -0.0601. The van der Waals surface area contributed by atoms with E-state index in [1.165, 1.54) is 17.7 Å². The van der Waals surface area contributed by atoms with Gasteiger partial charge in [0.1, 0.15) is 5.78 Å². The summed E-state index contributed by atoms with van der Waals surface area (Å²) in [7, 11) is 0. The van der Waals surface area contributed by atoms with Crippen LogP contribution in [0.3, 0.4) is 0 Å². The summed E-state index contributed by atoms with van der Waals surface area (Å²) in [6.45, 7) is 0.764. The monoisotopic (exact) mass is 250 g/mol. The molecular formula is C14H18O2S. The van der Waals surface area contributed by atoms with Crippen molar-refractivity contribution < 1.29 is 9.53 Å². The Balaban J connectivity index is 1.51. The average Bonchev–Trinajstić information content (AvgIpc) is 3.00. The summed E-state index contributed by atoms with van der Waals surface area (Å²) in [4.78, 5) is 13.2. The Morgan fingerprint density at radius 2 is 2.24 bits per heavy atom. The van der Waals surface area contributed by atoms with Gasteiger partial charge in [-0.2, -0.15) is 0 Å². The highest BCUT2D eigenvalue weighted by Crippen LogP contribution is 2.51. The largest absolute Gasteiger partial charge is 0.376 e. The highest BCUT2D eigenvalue weighted by molar-refractivity contribution is 7.09. The Labute approximate surface area is 106 Å². The molecule has 1 atom stereocenters. The maximum Gasteiger partial charge on any atom is 0.144 e. The lowest BCUT2D eigenvalue weighted by atomic mass is 9.63.